The maximum atomic E-state index is 12.4. The summed E-state index contributed by atoms with van der Waals surface area (Å²) < 4.78 is 21.8. The summed E-state index contributed by atoms with van der Waals surface area (Å²) in [7, 11) is 4.70. The van der Waals surface area contributed by atoms with Crippen molar-refractivity contribution in [2.24, 2.45) is 5.73 Å². The summed E-state index contributed by atoms with van der Waals surface area (Å²) in [5, 5.41) is -0.142. The van der Waals surface area contributed by atoms with Gasteiger partial charge in [0.2, 0.25) is 5.12 Å². The Bertz CT molecular complexity index is 560. The Balaban J connectivity index is 2.85. The lowest BCUT2D eigenvalue weighted by molar-refractivity contribution is -0.119. The zero-order valence-corrected chi connectivity index (χ0v) is 16.9. The molecule has 0 fully saturated rings. The molecule has 0 unspecified atom stereocenters. The van der Waals surface area contributed by atoms with Crippen LogP contribution in [0.4, 0.5) is 0 Å². The summed E-state index contributed by atoms with van der Waals surface area (Å²) >= 11 is 1.12. The number of ether oxygens (including phenoxy) is 4. The van der Waals surface area contributed by atoms with E-state index in [1.807, 2.05) is 27.7 Å². The molecule has 7 heteroatoms. The van der Waals surface area contributed by atoms with E-state index in [1.54, 1.807) is 33.5 Å². The smallest absolute Gasteiger partial charge is 0.208 e. The summed E-state index contributed by atoms with van der Waals surface area (Å²) in [6.45, 7) is 7.60. The molecule has 2 atom stereocenters. The molecule has 0 aliphatic rings. The zero-order chi connectivity index (χ0) is 19.2. The van der Waals surface area contributed by atoms with Crippen LogP contribution in [0.3, 0.4) is 0 Å². The molecule has 0 saturated carbocycles. The number of carbonyl (C=O) groups is 1. The molecule has 0 aromatic heterocycles. The minimum atomic E-state index is -0.709. The van der Waals surface area contributed by atoms with E-state index < -0.39 is 6.04 Å². The number of thioether (sulfide) groups is 1. The molecule has 0 spiro atoms. The van der Waals surface area contributed by atoms with Crippen molar-refractivity contribution in [1.82, 2.24) is 0 Å². The molecule has 1 aromatic carbocycles. The maximum Gasteiger partial charge on any atom is 0.208 e. The first-order valence-corrected chi connectivity index (χ1v) is 9.00. The van der Waals surface area contributed by atoms with Crippen molar-refractivity contribution in [2.75, 3.05) is 21.3 Å². The van der Waals surface area contributed by atoms with Crippen LogP contribution in [0.15, 0.2) is 12.1 Å². The normalized spacial score (nSPS) is 13.9. The van der Waals surface area contributed by atoms with Crippen molar-refractivity contribution in [2.45, 2.75) is 51.2 Å². The molecule has 0 aliphatic carbocycles. The van der Waals surface area contributed by atoms with Gasteiger partial charge in [-0.15, -0.1) is 0 Å². The number of carbonyl (C=O) groups excluding carboxylic acids is 1. The van der Waals surface area contributed by atoms with E-state index >= 15 is 0 Å². The predicted molar refractivity (Wildman–Crippen MR) is 101 cm³/mol. The minimum Gasteiger partial charge on any atom is -0.496 e. The Labute approximate surface area is 154 Å². The second-order valence-corrected chi connectivity index (χ2v) is 7.56. The monoisotopic (exact) mass is 371 g/mol. The fraction of sp³-hybridized carbons (Fsp3) is 0.611. The number of benzene rings is 1. The average molecular weight is 371 g/mol. The molecule has 0 heterocycles. The lowest BCUT2D eigenvalue weighted by Crippen LogP contribution is -2.43. The molecular weight excluding hydrogens is 342 g/mol. The summed E-state index contributed by atoms with van der Waals surface area (Å²) in [5.74, 6) is 2.20. The number of rotatable bonds is 8. The third-order valence-electron chi connectivity index (χ3n) is 3.49. The van der Waals surface area contributed by atoms with E-state index in [0.717, 1.165) is 17.3 Å². The van der Waals surface area contributed by atoms with Gasteiger partial charge in [0.15, 0.2) is 0 Å². The fourth-order valence-electron chi connectivity index (χ4n) is 2.28. The van der Waals surface area contributed by atoms with Gasteiger partial charge in [0.1, 0.15) is 23.3 Å². The summed E-state index contributed by atoms with van der Waals surface area (Å²) in [5.41, 5.74) is 6.46. The first-order chi connectivity index (χ1) is 11.6. The topological polar surface area (TPSA) is 80.0 Å². The van der Waals surface area contributed by atoms with Crippen molar-refractivity contribution < 1.29 is 23.7 Å². The highest BCUT2D eigenvalue weighted by atomic mass is 32.2. The molecule has 1 aromatic rings. The number of methoxy groups -OCH3 is 3. The molecule has 142 valence electrons. The van der Waals surface area contributed by atoms with E-state index in [-0.39, 0.29) is 16.8 Å². The van der Waals surface area contributed by atoms with E-state index in [4.69, 9.17) is 24.7 Å². The SMILES string of the molecule is COc1cc(OC)c(CSC(=O)[C@@H](N)[C@@H](C)OC(C)(C)C)c(OC)c1. The van der Waals surface area contributed by atoms with Gasteiger partial charge in [-0.2, -0.15) is 0 Å². The largest absolute Gasteiger partial charge is 0.496 e. The standard InChI is InChI=1S/C18H29NO5S/c1-11(24-18(2,3)4)16(19)17(20)25-10-13-14(22-6)8-12(21-5)9-15(13)23-7/h8-9,11,16H,10,19H2,1-7H3/t11-,16+/m1/s1. The van der Waals surface area contributed by atoms with Gasteiger partial charge in [-0.3, -0.25) is 4.79 Å². The number of hydrogen-bond donors (Lipinski definition) is 1. The Morgan fingerprint density at radius 1 is 1.12 bits per heavy atom. The Kier molecular flexibility index (Phi) is 8.05. The van der Waals surface area contributed by atoms with Crippen molar-refractivity contribution in [1.29, 1.82) is 0 Å². The molecule has 25 heavy (non-hydrogen) atoms. The van der Waals surface area contributed by atoms with Gasteiger partial charge in [0.25, 0.3) is 0 Å². The molecule has 2 N–H and O–H groups in total. The first kappa shape index (κ1) is 21.6. The maximum absolute atomic E-state index is 12.4. The molecule has 0 radical (unpaired) electrons. The van der Waals surface area contributed by atoms with Crippen LogP contribution in [0.1, 0.15) is 33.3 Å². The Hall–Kier alpha value is -1.44. The highest BCUT2D eigenvalue weighted by Crippen LogP contribution is 2.36. The summed E-state index contributed by atoms with van der Waals surface area (Å²) in [6, 6.07) is 2.81. The van der Waals surface area contributed by atoms with Crippen molar-refractivity contribution in [3.63, 3.8) is 0 Å². The average Bonchev–Trinajstić information content (AvgIpc) is 2.56. The van der Waals surface area contributed by atoms with E-state index in [1.165, 1.54) is 0 Å². The van der Waals surface area contributed by atoms with Crippen molar-refractivity contribution >= 4 is 16.9 Å². The lowest BCUT2D eigenvalue weighted by Gasteiger charge is -2.28. The van der Waals surface area contributed by atoms with Gasteiger partial charge in [-0.1, -0.05) is 11.8 Å². The van der Waals surface area contributed by atoms with Crippen LogP contribution in [0, 0.1) is 0 Å². The van der Waals surface area contributed by atoms with Gasteiger partial charge in [-0.25, -0.2) is 0 Å². The number of hydrogen-bond acceptors (Lipinski definition) is 7. The zero-order valence-electron chi connectivity index (χ0n) is 16.0. The predicted octanol–water partition coefficient (Wildman–Crippen LogP) is 3.00. The molecular formula is C18H29NO5S. The summed E-state index contributed by atoms with van der Waals surface area (Å²) in [6.07, 6.45) is -0.375. The van der Waals surface area contributed by atoms with Crippen molar-refractivity contribution in [3.8, 4) is 17.2 Å². The van der Waals surface area contributed by atoms with Crippen LogP contribution in [-0.4, -0.2) is 44.2 Å². The van der Waals surface area contributed by atoms with Crippen LogP contribution in [-0.2, 0) is 15.3 Å². The summed E-state index contributed by atoms with van der Waals surface area (Å²) in [4.78, 5) is 12.4. The second-order valence-electron chi connectivity index (χ2n) is 6.58. The Morgan fingerprint density at radius 2 is 1.64 bits per heavy atom. The first-order valence-electron chi connectivity index (χ1n) is 8.01. The highest BCUT2D eigenvalue weighted by molar-refractivity contribution is 8.13. The van der Waals surface area contributed by atoms with Crippen LogP contribution in [0.25, 0.3) is 0 Å². The van der Waals surface area contributed by atoms with E-state index in [2.05, 4.69) is 0 Å². The Morgan fingerprint density at radius 3 is 2.04 bits per heavy atom. The molecule has 0 amide bonds. The van der Waals surface area contributed by atoms with Gasteiger partial charge in [0, 0.05) is 23.4 Å². The molecule has 1 rings (SSSR count). The molecule has 0 bridgehead atoms. The van der Waals surface area contributed by atoms with Crippen LogP contribution < -0.4 is 19.9 Å². The van der Waals surface area contributed by atoms with E-state index in [9.17, 15) is 4.79 Å². The highest BCUT2D eigenvalue weighted by Gasteiger charge is 2.26. The third kappa shape index (κ3) is 6.41. The van der Waals surface area contributed by atoms with Crippen molar-refractivity contribution in [3.05, 3.63) is 17.7 Å². The quantitative estimate of drug-likeness (QED) is 0.752. The molecule has 0 aliphatic heterocycles. The fourth-order valence-corrected chi connectivity index (χ4v) is 3.24. The van der Waals surface area contributed by atoms with Gasteiger partial charge < -0.3 is 24.7 Å². The second kappa shape index (κ2) is 9.31. The van der Waals surface area contributed by atoms with Gasteiger partial charge >= 0.3 is 0 Å². The van der Waals surface area contributed by atoms with Crippen LogP contribution >= 0.6 is 11.8 Å². The lowest BCUT2D eigenvalue weighted by atomic mass is 10.1. The molecule has 6 nitrogen and oxygen atoms in total. The number of nitrogens with two attached hydrogens (primary N) is 1. The van der Waals surface area contributed by atoms with Gasteiger partial charge in [0.05, 0.1) is 33.0 Å². The third-order valence-corrected chi connectivity index (χ3v) is 4.48. The molecule has 0 saturated heterocycles. The van der Waals surface area contributed by atoms with E-state index in [0.29, 0.717) is 23.0 Å². The van der Waals surface area contributed by atoms with Crippen LogP contribution in [0.5, 0.6) is 17.2 Å². The minimum absolute atomic E-state index is 0.142. The van der Waals surface area contributed by atoms with Crippen LogP contribution in [0.2, 0.25) is 0 Å². The van der Waals surface area contributed by atoms with Gasteiger partial charge in [-0.05, 0) is 27.7 Å².